The Bertz CT molecular complexity index is 497. The van der Waals surface area contributed by atoms with Crippen LogP contribution in [0.2, 0.25) is 0 Å². The molecule has 1 saturated carbocycles. The average molecular weight is 320 g/mol. The summed E-state index contributed by atoms with van der Waals surface area (Å²) in [5.74, 6) is -0.0922. The van der Waals surface area contributed by atoms with E-state index < -0.39 is 24.7 Å². The summed E-state index contributed by atoms with van der Waals surface area (Å²) in [5, 5.41) is 0. The first-order valence-electron chi connectivity index (χ1n) is 6.84. The molecule has 116 valence electrons. The van der Waals surface area contributed by atoms with Gasteiger partial charge in [0.05, 0.1) is 0 Å². The topological polar surface area (TPSA) is 20.3 Å². The van der Waals surface area contributed by atoms with Crippen molar-refractivity contribution in [1.82, 2.24) is 4.90 Å². The third kappa shape index (κ3) is 4.37. The molecule has 0 radical (unpaired) electrons. The van der Waals surface area contributed by atoms with Crippen LogP contribution in [0.15, 0.2) is 24.3 Å². The summed E-state index contributed by atoms with van der Waals surface area (Å²) in [7, 11) is 0. The number of rotatable bonds is 5. The maximum atomic E-state index is 12.7. The molecular formula is C15H17ClF3NO. The van der Waals surface area contributed by atoms with Gasteiger partial charge in [0.1, 0.15) is 6.54 Å². The lowest BCUT2D eigenvalue weighted by molar-refractivity contribution is -0.144. The Labute approximate surface area is 126 Å². The molecule has 0 aliphatic heterocycles. The van der Waals surface area contributed by atoms with Crippen LogP contribution < -0.4 is 0 Å². The highest BCUT2D eigenvalue weighted by molar-refractivity contribution is 6.17. The molecule has 2 rings (SSSR count). The van der Waals surface area contributed by atoms with Crippen molar-refractivity contribution in [3.05, 3.63) is 35.4 Å². The molecule has 1 amide bonds. The van der Waals surface area contributed by atoms with Gasteiger partial charge in [-0.1, -0.05) is 12.1 Å². The van der Waals surface area contributed by atoms with Crippen LogP contribution in [0.5, 0.6) is 0 Å². The molecule has 21 heavy (non-hydrogen) atoms. The van der Waals surface area contributed by atoms with Crippen LogP contribution >= 0.6 is 11.6 Å². The van der Waals surface area contributed by atoms with E-state index in [4.69, 9.17) is 11.6 Å². The lowest BCUT2D eigenvalue weighted by atomic mass is 10.1. The molecule has 1 aliphatic carbocycles. The van der Waals surface area contributed by atoms with Gasteiger partial charge in [-0.15, -0.1) is 11.6 Å². The molecule has 1 aromatic carbocycles. The van der Waals surface area contributed by atoms with Gasteiger partial charge in [-0.05, 0) is 43.4 Å². The minimum Gasteiger partial charge on any atom is -0.327 e. The highest BCUT2D eigenvalue weighted by Gasteiger charge is 2.40. The van der Waals surface area contributed by atoms with E-state index in [1.54, 1.807) is 19.1 Å². The maximum absolute atomic E-state index is 12.7. The summed E-state index contributed by atoms with van der Waals surface area (Å²) >= 11 is 5.66. The van der Waals surface area contributed by atoms with Crippen molar-refractivity contribution in [1.29, 1.82) is 0 Å². The molecule has 1 unspecified atom stereocenters. The summed E-state index contributed by atoms with van der Waals surface area (Å²) in [6.45, 7) is 0.481. The number of hydrogen-bond acceptors (Lipinski definition) is 1. The van der Waals surface area contributed by atoms with Crippen LogP contribution in [-0.4, -0.2) is 29.6 Å². The van der Waals surface area contributed by atoms with E-state index in [0.717, 1.165) is 23.3 Å². The number of amides is 1. The molecular weight excluding hydrogens is 303 g/mol. The summed E-state index contributed by atoms with van der Waals surface area (Å²) < 4.78 is 38.2. The molecule has 2 nitrogen and oxygen atoms in total. The highest BCUT2D eigenvalue weighted by atomic mass is 35.5. The van der Waals surface area contributed by atoms with Gasteiger partial charge >= 0.3 is 6.18 Å². The first-order valence-corrected chi connectivity index (χ1v) is 7.38. The van der Waals surface area contributed by atoms with Crippen molar-refractivity contribution < 1.29 is 18.0 Å². The fourth-order valence-electron chi connectivity index (χ4n) is 2.33. The average Bonchev–Trinajstić information content (AvgIpc) is 3.27. The van der Waals surface area contributed by atoms with Crippen LogP contribution in [-0.2, 0) is 5.88 Å². The van der Waals surface area contributed by atoms with E-state index in [1.807, 2.05) is 0 Å². The Balaban J connectivity index is 2.19. The molecule has 6 heteroatoms. The van der Waals surface area contributed by atoms with Gasteiger partial charge in [-0.2, -0.15) is 13.2 Å². The van der Waals surface area contributed by atoms with Gasteiger partial charge in [0.2, 0.25) is 0 Å². The fourth-order valence-corrected chi connectivity index (χ4v) is 2.51. The predicted molar refractivity (Wildman–Crippen MR) is 75.3 cm³/mol. The van der Waals surface area contributed by atoms with Gasteiger partial charge in [-0.3, -0.25) is 4.79 Å². The number of alkyl halides is 4. The van der Waals surface area contributed by atoms with Crippen molar-refractivity contribution in [3.8, 4) is 0 Å². The Morgan fingerprint density at radius 1 is 1.33 bits per heavy atom. The molecule has 1 atom stereocenters. The van der Waals surface area contributed by atoms with Crippen molar-refractivity contribution in [2.75, 3.05) is 6.54 Å². The normalized spacial score (nSPS) is 16.6. The number of nitrogens with zero attached hydrogens (tertiary/aromatic N) is 1. The zero-order valence-electron chi connectivity index (χ0n) is 11.7. The summed E-state index contributed by atoms with van der Waals surface area (Å²) in [6.07, 6.45) is -2.63. The second-order valence-electron chi connectivity index (χ2n) is 5.46. The molecule has 0 N–H and O–H groups in total. The van der Waals surface area contributed by atoms with Gasteiger partial charge in [-0.25, -0.2) is 0 Å². The van der Waals surface area contributed by atoms with Crippen molar-refractivity contribution in [2.45, 2.75) is 37.9 Å². The van der Waals surface area contributed by atoms with E-state index in [-0.39, 0.29) is 11.5 Å². The molecule has 0 spiro atoms. The fraction of sp³-hybridized carbons (Fsp3) is 0.533. The molecule has 1 aliphatic rings. The zero-order valence-corrected chi connectivity index (χ0v) is 12.4. The van der Waals surface area contributed by atoms with Crippen LogP contribution in [0.25, 0.3) is 0 Å². The molecule has 0 bridgehead atoms. The van der Waals surface area contributed by atoms with Crippen LogP contribution in [0.1, 0.15) is 35.7 Å². The predicted octanol–water partition coefficient (Wildman–Crippen LogP) is 4.23. The van der Waals surface area contributed by atoms with Gasteiger partial charge in [0, 0.05) is 17.5 Å². The van der Waals surface area contributed by atoms with Crippen molar-refractivity contribution in [2.24, 2.45) is 5.92 Å². The van der Waals surface area contributed by atoms with Crippen molar-refractivity contribution in [3.63, 3.8) is 0 Å². The quantitative estimate of drug-likeness (QED) is 0.744. The van der Waals surface area contributed by atoms with Gasteiger partial charge in [0.15, 0.2) is 0 Å². The molecule has 1 aromatic rings. The Morgan fingerprint density at radius 2 is 1.90 bits per heavy atom. The standard InChI is InChI=1S/C15H17ClF3NO/c1-10(12-6-7-12)20(9-15(17,18)19)14(21)13-4-2-11(8-16)3-5-13/h2-5,10,12H,6-9H2,1H3. The van der Waals surface area contributed by atoms with E-state index in [9.17, 15) is 18.0 Å². The van der Waals surface area contributed by atoms with Crippen LogP contribution in [0.4, 0.5) is 13.2 Å². The first-order chi connectivity index (χ1) is 9.81. The molecule has 0 aromatic heterocycles. The van der Waals surface area contributed by atoms with Gasteiger partial charge in [0.25, 0.3) is 5.91 Å². The number of hydrogen-bond donors (Lipinski definition) is 0. The Kier molecular flexibility index (Phi) is 4.81. The number of benzene rings is 1. The zero-order chi connectivity index (χ0) is 15.6. The summed E-state index contributed by atoms with van der Waals surface area (Å²) in [4.78, 5) is 13.3. The van der Waals surface area contributed by atoms with Gasteiger partial charge < -0.3 is 4.90 Å². The second kappa shape index (κ2) is 6.26. The summed E-state index contributed by atoms with van der Waals surface area (Å²) in [6, 6.07) is 5.99. The SMILES string of the molecule is CC(C1CC1)N(CC(F)(F)F)C(=O)c1ccc(CCl)cc1. The first kappa shape index (κ1) is 16.1. The Morgan fingerprint density at radius 3 is 2.33 bits per heavy atom. The molecule has 1 fully saturated rings. The maximum Gasteiger partial charge on any atom is 0.406 e. The second-order valence-corrected chi connectivity index (χ2v) is 5.72. The molecule has 0 saturated heterocycles. The lowest BCUT2D eigenvalue weighted by Crippen LogP contribution is -2.45. The monoisotopic (exact) mass is 319 g/mol. The highest BCUT2D eigenvalue weighted by Crippen LogP contribution is 2.36. The third-order valence-corrected chi connectivity index (χ3v) is 4.07. The number of carbonyl (C=O) groups is 1. The number of carbonyl (C=O) groups excluding carboxylic acids is 1. The largest absolute Gasteiger partial charge is 0.406 e. The van der Waals surface area contributed by atoms with E-state index in [2.05, 4.69) is 0 Å². The smallest absolute Gasteiger partial charge is 0.327 e. The van der Waals surface area contributed by atoms with E-state index in [0.29, 0.717) is 5.88 Å². The van der Waals surface area contributed by atoms with Crippen LogP contribution in [0, 0.1) is 5.92 Å². The van der Waals surface area contributed by atoms with E-state index >= 15 is 0 Å². The lowest BCUT2D eigenvalue weighted by Gasteiger charge is -2.30. The third-order valence-electron chi connectivity index (χ3n) is 3.76. The van der Waals surface area contributed by atoms with E-state index in [1.165, 1.54) is 12.1 Å². The minimum absolute atomic E-state index is 0.179. The minimum atomic E-state index is -4.39. The Hall–Kier alpha value is -1.23. The van der Waals surface area contributed by atoms with Crippen molar-refractivity contribution >= 4 is 17.5 Å². The summed E-state index contributed by atoms with van der Waals surface area (Å²) in [5.41, 5.74) is 1.09. The molecule has 0 heterocycles. The number of halogens is 4. The van der Waals surface area contributed by atoms with Crippen LogP contribution in [0.3, 0.4) is 0 Å².